The molecule has 0 fully saturated rings. The van der Waals surface area contributed by atoms with E-state index in [1.54, 1.807) is 24.3 Å². The van der Waals surface area contributed by atoms with E-state index < -0.39 is 11.6 Å². The van der Waals surface area contributed by atoms with Crippen LogP contribution in [-0.4, -0.2) is 9.78 Å². The summed E-state index contributed by atoms with van der Waals surface area (Å²) >= 11 is 5.80. The van der Waals surface area contributed by atoms with Crippen molar-refractivity contribution in [2.45, 2.75) is 0 Å². The molecule has 0 atom stereocenters. The third kappa shape index (κ3) is 1.92. The number of halogens is 3. The van der Waals surface area contributed by atoms with Gasteiger partial charge in [0.25, 0.3) is 0 Å². The van der Waals surface area contributed by atoms with Crippen molar-refractivity contribution in [1.82, 2.24) is 9.78 Å². The highest BCUT2D eigenvalue weighted by Gasteiger charge is 2.13. The average molecular weight is 280 g/mol. The monoisotopic (exact) mass is 279 g/mol. The number of anilines is 1. The van der Waals surface area contributed by atoms with Crippen molar-refractivity contribution < 1.29 is 8.78 Å². The van der Waals surface area contributed by atoms with Crippen LogP contribution in [0.1, 0.15) is 0 Å². The topological polar surface area (TPSA) is 43.8 Å². The number of nitrogen functional groups attached to an aromatic ring is 1. The van der Waals surface area contributed by atoms with E-state index in [9.17, 15) is 8.78 Å². The largest absolute Gasteiger partial charge is 0.383 e. The van der Waals surface area contributed by atoms with Crippen LogP contribution in [0.3, 0.4) is 0 Å². The summed E-state index contributed by atoms with van der Waals surface area (Å²) in [7, 11) is 0. The van der Waals surface area contributed by atoms with E-state index in [-0.39, 0.29) is 5.82 Å². The summed E-state index contributed by atoms with van der Waals surface area (Å²) in [5.74, 6) is -1.65. The number of rotatable bonds is 1. The van der Waals surface area contributed by atoms with Crippen molar-refractivity contribution in [2.24, 2.45) is 0 Å². The second kappa shape index (κ2) is 4.20. The van der Waals surface area contributed by atoms with Crippen LogP contribution in [-0.2, 0) is 0 Å². The maximum absolute atomic E-state index is 13.2. The molecule has 19 heavy (non-hydrogen) atoms. The third-order valence-corrected chi connectivity index (χ3v) is 3.07. The van der Waals surface area contributed by atoms with Gasteiger partial charge in [0.15, 0.2) is 11.6 Å². The molecule has 2 N–H and O–H groups in total. The molecule has 0 unspecified atom stereocenters. The first-order chi connectivity index (χ1) is 9.06. The van der Waals surface area contributed by atoms with Gasteiger partial charge in [-0.15, -0.1) is 0 Å². The summed E-state index contributed by atoms with van der Waals surface area (Å²) in [6.07, 6.45) is 0. The van der Waals surface area contributed by atoms with Crippen molar-refractivity contribution in [3.8, 4) is 5.69 Å². The molecule has 2 aromatic carbocycles. The molecule has 6 heteroatoms. The number of hydrogen-bond donors (Lipinski definition) is 1. The lowest BCUT2D eigenvalue weighted by Crippen LogP contribution is -2.01. The Morgan fingerprint density at radius 3 is 2.37 bits per heavy atom. The lowest BCUT2D eigenvalue weighted by molar-refractivity contribution is 0.511. The van der Waals surface area contributed by atoms with Gasteiger partial charge in [0, 0.05) is 16.5 Å². The fraction of sp³-hybridized carbons (Fsp3) is 0. The molecule has 3 aromatic rings. The molecular formula is C13H8ClF2N3. The van der Waals surface area contributed by atoms with E-state index in [2.05, 4.69) is 5.10 Å². The van der Waals surface area contributed by atoms with Crippen molar-refractivity contribution in [1.29, 1.82) is 0 Å². The Hall–Kier alpha value is -2.14. The zero-order valence-electron chi connectivity index (χ0n) is 9.57. The summed E-state index contributed by atoms with van der Waals surface area (Å²) < 4.78 is 27.8. The van der Waals surface area contributed by atoms with Crippen LogP contribution >= 0.6 is 11.6 Å². The minimum absolute atomic E-state index is 0.247. The van der Waals surface area contributed by atoms with Gasteiger partial charge in [0.2, 0.25) is 0 Å². The van der Waals surface area contributed by atoms with Gasteiger partial charge in [-0.3, -0.25) is 0 Å². The molecule has 0 aliphatic heterocycles. The molecule has 0 radical (unpaired) electrons. The van der Waals surface area contributed by atoms with E-state index in [1.807, 2.05) is 0 Å². The van der Waals surface area contributed by atoms with E-state index >= 15 is 0 Å². The van der Waals surface area contributed by atoms with Gasteiger partial charge >= 0.3 is 0 Å². The highest BCUT2D eigenvalue weighted by atomic mass is 35.5. The molecule has 0 bridgehead atoms. The lowest BCUT2D eigenvalue weighted by atomic mass is 10.2. The van der Waals surface area contributed by atoms with E-state index in [4.69, 9.17) is 17.3 Å². The molecule has 3 rings (SSSR count). The summed E-state index contributed by atoms with van der Waals surface area (Å²) in [4.78, 5) is 0. The predicted octanol–water partition coefficient (Wildman–Crippen LogP) is 3.54. The van der Waals surface area contributed by atoms with Crippen molar-refractivity contribution >= 4 is 28.3 Å². The number of nitrogens with zero attached hydrogens (tertiary/aromatic N) is 2. The number of aromatic nitrogens is 2. The van der Waals surface area contributed by atoms with Crippen molar-refractivity contribution in [3.63, 3.8) is 0 Å². The zero-order chi connectivity index (χ0) is 13.6. The standard InChI is InChI=1S/C13H8ClF2N3/c14-7-1-3-8(4-2-7)19-13(17)9-5-10(15)11(16)6-12(9)18-19/h1-6H,17H2. The SMILES string of the molecule is Nc1c2cc(F)c(F)cc2nn1-c1ccc(Cl)cc1. The summed E-state index contributed by atoms with van der Waals surface area (Å²) in [6, 6.07) is 8.87. The molecule has 96 valence electrons. The van der Waals surface area contributed by atoms with E-state index in [0.717, 1.165) is 12.1 Å². The first-order valence-electron chi connectivity index (χ1n) is 5.45. The Morgan fingerprint density at radius 1 is 1.05 bits per heavy atom. The Kier molecular flexibility index (Phi) is 2.64. The molecule has 0 aliphatic carbocycles. The van der Waals surface area contributed by atoms with Crippen LogP contribution in [0.5, 0.6) is 0 Å². The van der Waals surface area contributed by atoms with Gasteiger partial charge in [-0.25, -0.2) is 13.5 Å². The molecule has 0 saturated carbocycles. The van der Waals surface area contributed by atoms with Crippen LogP contribution in [0, 0.1) is 11.6 Å². The molecule has 0 saturated heterocycles. The molecule has 0 aliphatic rings. The van der Waals surface area contributed by atoms with Crippen molar-refractivity contribution in [2.75, 3.05) is 5.73 Å². The molecule has 1 aromatic heterocycles. The zero-order valence-corrected chi connectivity index (χ0v) is 10.3. The molecular weight excluding hydrogens is 272 g/mol. The van der Waals surface area contributed by atoms with Crippen LogP contribution < -0.4 is 5.73 Å². The van der Waals surface area contributed by atoms with Gasteiger partial charge in [-0.1, -0.05) is 11.6 Å². The van der Waals surface area contributed by atoms with Crippen molar-refractivity contribution in [3.05, 3.63) is 53.1 Å². The quantitative estimate of drug-likeness (QED) is 0.740. The van der Waals surface area contributed by atoms with Gasteiger partial charge in [-0.05, 0) is 30.3 Å². The Labute approximate surface area is 112 Å². The predicted molar refractivity (Wildman–Crippen MR) is 70.4 cm³/mol. The van der Waals surface area contributed by atoms with Gasteiger partial charge in [0.1, 0.15) is 5.82 Å². The normalized spacial score (nSPS) is 11.1. The third-order valence-electron chi connectivity index (χ3n) is 2.82. The Bertz CT molecular complexity index is 766. The first-order valence-corrected chi connectivity index (χ1v) is 5.83. The van der Waals surface area contributed by atoms with E-state index in [0.29, 0.717) is 21.6 Å². The average Bonchev–Trinajstić information content (AvgIpc) is 2.69. The highest BCUT2D eigenvalue weighted by Crippen LogP contribution is 2.26. The maximum atomic E-state index is 13.2. The summed E-state index contributed by atoms with van der Waals surface area (Å²) in [6.45, 7) is 0. The number of benzene rings is 2. The number of hydrogen-bond acceptors (Lipinski definition) is 2. The smallest absolute Gasteiger partial charge is 0.161 e. The second-order valence-electron chi connectivity index (χ2n) is 4.06. The highest BCUT2D eigenvalue weighted by molar-refractivity contribution is 6.30. The molecule has 0 spiro atoms. The minimum Gasteiger partial charge on any atom is -0.383 e. The van der Waals surface area contributed by atoms with Crippen LogP contribution in [0.15, 0.2) is 36.4 Å². The fourth-order valence-corrected chi connectivity index (χ4v) is 2.01. The van der Waals surface area contributed by atoms with Gasteiger partial charge in [-0.2, -0.15) is 5.10 Å². The van der Waals surface area contributed by atoms with Crippen LogP contribution in [0.25, 0.3) is 16.6 Å². The molecule has 3 nitrogen and oxygen atoms in total. The Morgan fingerprint density at radius 2 is 1.68 bits per heavy atom. The van der Waals surface area contributed by atoms with Gasteiger partial charge < -0.3 is 5.73 Å². The maximum Gasteiger partial charge on any atom is 0.161 e. The molecule has 0 amide bonds. The van der Waals surface area contributed by atoms with E-state index in [1.165, 1.54) is 4.68 Å². The van der Waals surface area contributed by atoms with Crippen LogP contribution in [0.4, 0.5) is 14.6 Å². The minimum atomic E-state index is -0.951. The fourth-order valence-electron chi connectivity index (χ4n) is 1.88. The number of fused-ring (bicyclic) bond motifs is 1. The van der Waals surface area contributed by atoms with Crippen LogP contribution in [0.2, 0.25) is 5.02 Å². The van der Waals surface area contributed by atoms with Gasteiger partial charge in [0.05, 0.1) is 11.2 Å². The Balaban J connectivity index is 2.25. The number of nitrogens with two attached hydrogens (primary N) is 1. The summed E-state index contributed by atoms with van der Waals surface area (Å²) in [5.41, 5.74) is 6.87. The summed E-state index contributed by atoms with van der Waals surface area (Å²) in [5, 5.41) is 5.11. The lowest BCUT2D eigenvalue weighted by Gasteiger charge is -2.03. The first kappa shape index (κ1) is 11.9. The molecule has 1 heterocycles. The second-order valence-corrected chi connectivity index (χ2v) is 4.49.